The maximum absolute atomic E-state index is 13.2. The highest BCUT2D eigenvalue weighted by Crippen LogP contribution is 2.52. The normalized spacial score (nSPS) is 36.8. The first-order valence-corrected chi connectivity index (χ1v) is 12.2. The van der Waals surface area contributed by atoms with Crippen LogP contribution in [0.3, 0.4) is 0 Å². The molecule has 8 nitrogen and oxygen atoms in total. The zero-order valence-electron chi connectivity index (χ0n) is 21.0. The van der Waals surface area contributed by atoms with E-state index in [1.54, 1.807) is 0 Å². The van der Waals surface area contributed by atoms with Crippen LogP contribution in [0.4, 0.5) is 4.79 Å². The van der Waals surface area contributed by atoms with E-state index in [1.807, 2.05) is 4.90 Å². The van der Waals surface area contributed by atoms with Gasteiger partial charge in [0.2, 0.25) is 0 Å². The fourth-order valence-electron chi connectivity index (χ4n) is 7.80. The third kappa shape index (κ3) is 4.62. The minimum Gasteiger partial charge on any atom is -0.454 e. The van der Waals surface area contributed by atoms with Crippen LogP contribution in [0.15, 0.2) is 0 Å². The maximum atomic E-state index is 13.2. The lowest BCUT2D eigenvalue weighted by Crippen LogP contribution is -2.54. The molecule has 8 heteroatoms. The number of nitrogens with one attached hydrogen (secondary N) is 1. The van der Waals surface area contributed by atoms with E-state index in [2.05, 4.69) is 46.9 Å². The molecule has 0 aromatic rings. The summed E-state index contributed by atoms with van der Waals surface area (Å²) in [6.07, 6.45) is 5.09. The second kappa shape index (κ2) is 7.70. The minimum atomic E-state index is -0.955. The van der Waals surface area contributed by atoms with Crippen LogP contribution in [0.25, 0.3) is 0 Å². The lowest BCUT2D eigenvalue weighted by molar-refractivity contribution is -0.154. The molecule has 1 N–H and O–H groups in total. The number of hydrogen-bond donors (Lipinski definition) is 1. The molecule has 2 heterocycles. The van der Waals surface area contributed by atoms with E-state index >= 15 is 0 Å². The first-order chi connectivity index (χ1) is 15.1. The second-order valence-electron chi connectivity index (χ2n) is 13.2. The topological polar surface area (TPSA) is 96.0 Å². The molecule has 4 amide bonds. The van der Waals surface area contributed by atoms with Gasteiger partial charge >= 0.3 is 12.0 Å². The first kappa shape index (κ1) is 24.0. The molecule has 2 bridgehead atoms. The maximum Gasteiger partial charge on any atom is 0.326 e. The summed E-state index contributed by atoms with van der Waals surface area (Å²) in [4.78, 5) is 53.9. The molecule has 33 heavy (non-hydrogen) atoms. The molecule has 0 aromatic heterocycles. The minimum absolute atomic E-state index is 0.0808. The predicted molar refractivity (Wildman–Crippen MR) is 122 cm³/mol. The van der Waals surface area contributed by atoms with E-state index in [4.69, 9.17) is 4.74 Å². The molecule has 4 aliphatic rings. The summed E-state index contributed by atoms with van der Waals surface area (Å²) in [5.74, 6) is -1.01. The van der Waals surface area contributed by atoms with Gasteiger partial charge in [-0.05, 0) is 60.7 Å². The molecule has 0 unspecified atom stereocenters. The number of carbonyl (C=O) groups excluding carboxylic acids is 4. The van der Waals surface area contributed by atoms with Gasteiger partial charge in [-0.1, -0.05) is 41.5 Å². The van der Waals surface area contributed by atoms with E-state index in [-0.39, 0.29) is 46.6 Å². The van der Waals surface area contributed by atoms with Gasteiger partial charge in [-0.3, -0.25) is 19.3 Å². The molecule has 2 saturated carbocycles. The van der Waals surface area contributed by atoms with Crippen molar-refractivity contribution in [1.82, 2.24) is 15.1 Å². The summed E-state index contributed by atoms with van der Waals surface area (Å²) in [7, 11) is 0. The van der Waals surface area contributed by atoms with Crippen LogP contribution in [0.2, 0.25) is 0 Å². The molecule has 184 valence electrons. The summed E-state index contributed by atoms with van der Waals surface area (Å²) in [5, 5.41) is 2.86. The third-order valence-corrected chi connectivity index (χ3v) is 8.00. The number of nitrogens with zero attached hydrogens (tertiary/aromatic N) is 2. The van der Waals surface area contributed by atoms with Crippen LogP contribution in [0.5, 0.6) is 0 Å². The van der Waals surface area contributed by atoms with Gasteiger partial charge in [0, 0.05) is 12.6 Å². The quantitative estimate of drug-likeness (QED) is 0.513. The van der Waals surface area contributed by atoms with Crippen molar-refractivity contribution in [1.29, 1.82) is 0 Å². The van der Waals surface area contributed by atoms with E-state index in [9.17, 15) is 19.2 Å². The zero-order valence-corrected chi connectivity index (χ0v) is 21.0. The van der Waals surface area contributed by atoms with E-state index in [0.717, 1.165) is 30.6 Å². The predicted octanol–water partition coefficient (Wildman–Crippen LogP) is 3.09. The van der Waals surface area contributed by atoms with Crippen molar-refractivity contribution in [2.24, 2.45) is 22.2 Å². The molecule has 2 aliphatic carbocycles. The van der Waals surface area contributed by atoms with Gasteiger partial charge < -0.3 is 15.0 Å². The van der Waals surface area contributed by atoms with Gasteiger partial charge in [0.05, 0.1) is 0 Å². The van der Waals surface area contributed by atoms with Gasteiger partial charge in [0.1, 0.15) is 12.1 Å². The van der Waals surface area contributed by atoms with Crippen LogP contribution >= 0.6 is 0 Å². The number of urea groups is 1. The van der Waals surface area contributed by atoms with Crippen molar-refractivity contribution in [3.63, 3.8) is 0 Å². The van der Waals surface area contributed by atoms with Crippen LogP contribution < -0.4 is 5.32 Å². The smallest absolute Gasteiger partial charge is 0.326 e. The molecule has 1 spiro atoms. The Hall–Kier alpha value is -2.12. The molecule has 2 saturated heterocycles. The van der Waals surface area contributed by atoms with E-state index in [1.165, 1.54) is 0 Å². The van der Waals surface area contributed by atoms with Crippen molar-refractivity contribution in [3.05, 3.63) is 0 Å². The van der Waals surface area contributed by atoms with E-state index in [0.29, 0.717) is 19.4 Å². The monoisotopic (exact) mass is 461 g/mol. The van der Waals surface area contributed by atoms with Crippen molar-refractivity contribution in [2.45, 2.75) is 91.6 Å². The Balaban J connectivity index is 1.34. The summed E-state index contributed by atoms with van der Waals surface area (Å²) in [5.41, 5.74) is -0.744. The fourth-order valence-corrected chi connectivity index (χ4v) is 7.80. The molecular formula is C25H39N3O5. The summed E-state index contributed by atoms with van der Waals surface area (Å²) >= 11 is 0. The zero-order chi connectivity index (χ0) is 24.4. The van der Waals surface area contributed by atoms with Crippen molar-refractivity contribution in [2.75, 3.05) is 19.7 Å². The lowest BCUT2D eigenvalue weighted by atomic mass is 9.64. The molecular weight excluding hydrogens is 422 g/mol. The van der Waals surface area contributed by atoms with Gasteiger partial charge in [-0.2, -0.15) is 0 Å². The standard InChI is InChI=1S/C25H39N3O5/c1-16-7-22(2,3)14-25(8-16)20(31)27(21(32)26-25)11-19(30)33-12-18(29)28-15-24(6)10-17(28)9-23(4,5)13-24/h16-17H,7-15H2,1-6H3,(H,26,32)/t16-,17-,24-,25-/m0/s1. The van der Waals surface area contributed by atoms with Crippen LogP contribution in [-0.2, 0) is 19.1 Å². The van der Waals surface area contributed by atoms with Crippen molar-refractivity contribution < 1.29 is 23.9 Å². The van der Waals surface area contributed by atoms with Crippen LogP contribution in [0.1, 0.15) is 80.1 Å². The SMILES string of the molecule is C[C@H]1CC(C)(C)C[C@]2(C1)NC(=O)N(CC(=O)OCC(=O)N1C[C@@]3(C)C[C@@H]1CC(C)(C)C3)C2=O. The highest BCUT2D eigenvalue weighted by Gasteiger charge is 2.56. The summed E-state index contributed by atoms with van der Waals surface area (Å²) in [6.45, 7) is 12.8. The molecule has 0 aromatic carbocycles. The van der Waals surface area contributed by atoms with Gasteiger partial charge in [0.25, 0.3) is 11.8 Å². The molecule has 4 atom stereocenters. The average molecular weight is 462 g/mol. The highest BCUT2D eigenvalue weighted by molar-refractivity contribution is 6.08. The Morgan fingerprint density at radius 3 is 2.33 bits per heavy atom. The average Bonchev–Trinajstić information content (AvgIpc) is 3.01. The number of likely N-dealkylation sites (tertiary alicyclic amines) is 1. The number of ether oxygens (including phenoxy) is 1. The first-order valence-electron chi connectivity index (χ1n) is 12.2. The van der Waals surface area contributed by atoms with Crippen molar-refractivity contribution in [3.8, 4) is 0 Å². The molecule has 4 rings (SSSR count). The number of imide groups is 1. The largest absolute Gasteiger partial charge is 0.454 e. The number of fused-ring (bicyclic) bond motifs is 2. The van der Waals surface area contributed by atoms with Gasteiger partial charge in [-0.15, -0.1) is 0 Å². The summed E-state index contributed by atoms with van der Waals surface area (Å²) < 4.78 is 5.24. The number of carbonyl (C=O) groups is 4. The molecule has 0 radical (unpaired) electrons. The number of rotatable bonds is 4. The third-order valence-electron chi connectivity index (χ3n) is 8.00. The van der Waals surface area contributed by atoms with Crippen molar-refractivity contribution >= 4 is 23.8 Å². The Bertz CT molecular complexity index is 883. The number of amides is 4. The Labute approximate surface area is 196 Å². The van der Waals surface area contributed by atoms with E-state index < -0.39 is 24.1 Å². The number of hydrogen-bond acceptors (Lipinski definition) is 5. The molecule has 4 fully saturated rings. The highest BCUT2D eigenvalue weighted by atomic mass is 16.5. The lowest BCUT2D eigenvalue weighted by Gasteiger charge is -2.43. The van der Waals surface area contributed by atoms with Gasteiger partial charge in [0.15, 0.2) is 6.61 Å². The van der Waals surface area contributed by atoms with Gasteiger partial charge in [-0.25, -0.2) is 4.79 Å². The second-order valence-corrected chi connectivity index (χ2v) is 13.2. The number of esters is 1. The Morgan fingerprint density at radius 2 is 1.67 bits per heavy atom. The molecule has 2 aliphatic heterocycles. The fraction of sp³-hybridized carbons (Fsp3) is 0.840. The Morgan fingerprint density at radius 1 is 1.00 bits per heavy atom. The Kier molecular flexibility index (Phi) is 5.61. The van der Waals surface area contributed by atoms with Crippen LogP contribution in [0, 0.1) is 22.2 Å². The van der Waals surface area contributed by atoms with Crippen LogP contribution in [-0.4, -0.2) is 64.9 Å². The summed E-state index contributed by atoms with van der Waals surface area (Å²) in [6, 6.07) is -0.385.